The van der Waals surface area contributed by atoms with Crippen LogP contribution in [0.3, 0.4) is 0 Å². The summed E-state index contributed by atoms with van der Waals surface area (Å²) in [6.07, 6.45) is 22.5. The largest absolute Gasteiger partial charge is 0.378 e. The number of anilines is 2. The summed E-state index contributed by atoms with van der Waals surface area (Å²) in [5.41, 5.74) is 7.35. The van der Waals surface area contributed by atoms with Gasteiger partial charge in [0.25, 0.3) is 0 Å². The van der Waals surface area contributed by atoms with Gasteiger partial charge in [-0.3, -0.25) is 0 Å². The Morgan fingerprint density at radius 3 is 1.36 bits per heavy atom. The van der Waals surface area contributed by atoms with Crippen LogP contribution in [0.4, 0.5) is 11.4 Å². The average Bonchev–Trinajstić information content (AvgIpc) is 3.16. The molecule has 0 atom stereocenters. The normalized spacial score (nSPS) is 12.0. The van der Waals surface area contributed by atoms with Gasteiger partial charge < -0.3 is 19.2 Å². The van der Waals surface area contributed by atoms with Crippen molar-refractivity contribution < 1.29 is 13.6 Å². The van der Waals surface area contributed by atoms with E-state index in [1.165, 1.54) is 83.9 Å². The molecular weight excluding hydrogens is 689 g/mol. The molecule has 284 valence electrons. The number of rotatable bonds is 23. The van der Waals surface area contributed by atoms with Crippen LogP contribution < -0.4 is 18.9 Å². The molecule has 2 heterocycles. The van der Waals surface area contributed by atoms with E-state index < -0.39 is 0 Å². The molecule has 0 fully saturated rings. The van der Waals surface area contributed by atoms with Gasteiger partial charge in [-0.15, -0.1) is 0 Å². The van der Waals surface area contributed by atoms with Crippen LogP contribution in [-0.2, 0) is 13.1 Å². The van der Waals surface area contributed by atoms with Crippen LogP contribution in [0.5, 0.6) is 0 Å². The van der Waals surface area contributed by atoms with Crippen molar-refractivity contribution in [2.24, 2.45) is 0 Å². The molecule has 4 rings (SSSR count). The molecule has 0 bridgehead atoms. The second-order valence-corrected chi connectivity index (χ2v) is 17.8. The molecular formula is C45H65N6S2+3. The zero-order valence-corrected chi connectivity index (χ0v) is 35.2. The first-order valence-electron chi connectivity index (χ1n) is 19.2. The van der Waals surface area contributed by atoms with Crippen LogP contribution in [0.1, 0.15) is 47.9 Å². The summed E-state index contributed by atoms with van der Waals surface area (Å²) in [6.45, 7) is 6.91. The number of nitrogens with zero attached hydrogens (tertiary/aromatic N) is 6. The number of quaternary nitrogens is 1. The quantitative estimate of drug-likeness (QED) is 0.0327. The summed E-state index contributed by atoms with van der Waals surface area (Å²) in [5.74, 6) is 2.40. The SMILES string of the molecule is CN(CCCC[n+]1ccc(/C=C/c2ccc(N(C)C)cc2)cc1)CCSSCC[N+](C)(C)CCCC[n+]1ccc(/C=C/c2ccc(N(C)C)cc2)cc1. The number of benzene rings is 2. The van der Waals surface area contributed by atoms with Crippen molar-refractivity contribution in [2.75, 3.05) is 96.8 Å². The highest BCUT2D eigenvalue weighted by Gasteiger charge is 2.15. The maximum Gasteiger partial charge on any atom is 0.169 e. The molecule has 8 heteroatoms. The summed E-state index contributed by atoms with van der Waals surface area (Å²) in [7, 11) is 19.4. The fourth-order valence-corrected chi connectivity index (χ4v) is 8.28. The van der Waals surface area contributed by atoms with Crippen molar-refractivity contribution >= 4 is 57.3 Å². The predicted octanol–water partition coefficient (Wildman–Crippen LogP) is 8.38. The number of aromatic nitrogens is 2. The van der Waals surface area contributed by atoms with Gasteiger partial charge >= 0.3 is 0 Å². The van der Waals surface area contributed by atoms with Gasteiger partial charge in [0.05, 0.1) is 32.9 Å². The van der Waals surface area contributed by atoms with Gasteiger partial charge in [-0.2, -0.15) is 0 Å². The maximum atomic E-state index is 2.49. The Labute approximate surface area is 329 Å². The minimum atomic E-state index is 1.07. The van der Waals surface area contributed by atoms with E-state index in [-0.39, 0.29) is 0 Å². The highest BCUT2D eigenvalue weighted by Crippen LogP contribution is 2.22. The Hall–Kier alpha value is -3.56. The van der Waals surface area contributed by atoms with E-state index in [0.29, 0.717) is 0 Å². The topological polar surface area (TPSA) is 17.5 Å². The Morgan fingerprint density at radius 1 is 0.491 bits per heavy atom. The lowest BCUT2D eigenvalue weighted by atomic mass is 10.1. The lowest BCUT2D eigenvalue weighted by molar-refractivity contribution is -0.888. The molecule has 0 N–H and O–H groups in total. The zero-order valence-electron chi connectivity index (χ0n) is 33.5. The van der Waals surface area contributed by atoms with Crippen molar-refractivity contribution in [1.29, 1.82) is 0 Å². The third kappa shape index (κ3) is 16.6. The Kier molecular flexibility index (Phi) is 18.0. The van der Waals surface area contributed by atoms with Gasteiger partial charge in [-0.05, 0) is 66.5 Å². The van der Waals surface area contributed by atoms with Gasteiger partial charge in [0.1, 0.15) is 13.1 Å². The minimum Gasteiger partial charge on any atom is -0.378 e. The highest BCUT2D eigenvalue weighted by molar-refractivity contribution is 8.76. The summed E-state index contributed by atoms with van der Waals surface area (Å²) in [6, 6.07) is 26.2. The number of unbranched alkanes of at least 4 members (excludes halogenated alkanes) is 2. The lowest BCUT2D eigenvalue weighted by Gasteiger charge is -2.29. The number of hydrogen-bond donors (Lipinski definition) is 0. The molecule has 6 nitrogen and oxygen atoms in total. The van der Waals surface area contributed by atoms with Gasteiger partial charge in [-0.25, -0.2) is 9.13 Å². The van der Waals surface area contributed by atoms with Crippen LogP contribution in [0.25, 0.3) is 24.3 Å². The fraction of sp³-hybridized carbons (Fsp3) is 0.422. The monoisotopic (exact) mass is 753 g/mol. The molecule has 0 spiro atoms. The highest BCUT2D eigenvalue weighted by atomic mass is 33.1. The van der Waals surface area contributed by atoms with Crippen LogP contribution >= 0.6 is 21.6 Å². The van der Waals surface area contributed by atoms with E-state index in [0.717, 1.165) is 30.7 Å². The van der Waals surface area contributed by atoms with Crippen molar-refractivity contribution in [2.45, 2.75) is 38.8 Å². The first-order chi connectivity index (χ1) is 25.6. The zero-order chi connectivity index (χ0) is 37.9. The van der Waals surface area contributed by atoms with Gasteiger partial charge in [0.2, 0.25) is 0 Å². The van der Waals surface area contributed by atoms with Crippen molar-refractivity contribution in [3.05, 3.63) is 120 Å². The number of hydrogen-bond acceptors (Lipinski definition) is 5. The molecule has 53 heavy (non-hydrogen) atoms. The van der Waals surface area contributed by atoms with E-state index in [2.05, 4.69) is 195 Å². The third-order valence-corrected chi connectivity index (χ3v) is 12.0. The average molecular weight is 754 g/mol. The lowest BCUT2D eigenvalue weighted by Crippen LogP contribution is -2.42. The first-order valence-corrected chi connectivity index (χ1v) is 21.7. The molecule has 2 aromatic heterocycles. The Balaban J connectivity index is 0.988. The molecule has 2 aromatic carbocycles. The van der Waals surface area contributed by atoms with Crippen molar-refractivity contribution in [3.63, 3.8) is 0 Å². The van der Waals surface area contributed by atoms with E-state index in [1.54, 1.807) is 0 Å². The summed E-state index contributed by atoms with van der Waals surface area (Å²) < 4.78 is 5.72. The molecule has 0 aliphatic rings. The summed E-state index contributed by atoms with van der Waals surface area (Å²) in [5, 5.41) is 0. The molecule has 0 saturated carbocycles. The minimum absolute atomic E-state index is 1.07. The van der Waals surface area contributed by atoms with Gasteiger partial charge in [-0.1, -0.05) is 70.2 Å². The fourth-order valence-electron chi connectivity index (χ4n) is 5.94. The summed E-state index contributed by atoms with van der Waals surface area (Å²) in [4.78, 5) is 6.74. The molecule has 0 unspecified atom stereocenters. The van der Waals surface area contributed by atoms with Gasteiger partial charge in [0, 0.05) is 95.4 Å². The van der Waals surface area contributed by atoms with E-state index in [1.807, 2.05) is 21.6 Å². The summed E-state index contributed by atoms with van der Waals surface area (Å²) >= 11 is 0. The van der Waals surface area contributed by atoms with Crippen molar-refractivity contribution in [3.8, 4) is 0 Å². The third-order valence-electron chi connectivity index (χ3n) is 9.64. The number of pyridine rings is 2. The van der Waals surface area contributed by atoms with E-state index in [9.17, 15) is 0 Å². The second-order valence-electron chi connectivity index (χ2n) is 15.1. The second kappa shape index (κ2) is 22.6. The molecule has 0 amide bonds. The molecule has 0 aliphatic heterocycles. The molecule has 0 radical (unpaired) electrons. The Bertz CT molecular complexity index is 1650. The maximum absolute atomic E-state index is 2.49. The van der Waals surface area contributed by atoms with Crippen LogP contribution in [-0.4, -0.2) is 96.4 Å². The smallest absolute Gasteiger partial charge is 0.169 e. The van der Waals surface area contributed by atoms with Crippen molar-refractivity contribution in [1.82, 2.24) is 4.90 Å². The van der Waals surface area contributed by atoms with Crippen LogP contribution in [0, 0.1) is 0 Å². The van der Waals surface area contributed by atoms with Crippen LogP contribution in [0.15, 0.2) is 97.6 Å². The number of aryl methyl sites for hydroxylation is 2. The van der Waals surface area contributed by atoms with Crippen LogP contribution in [0.2, 0.25) is 0 Å². The predicted molar refractivity (Wildman–Crippen MR) is 235 cm³/mol. The van der Waals surface area contributed by atoms with Gasteiger partial charge in [0.15, 0.2) is 24.8 Å². The van der Waals surface area contributed by atoms with E-state index in [4.69, 9.17) is 0 Å². The Morgan fingerprint density at radius 2 is 0.906 bits per heavy atom. The standard InChI is InChI=1S/C45H65N6S2/c1-46(2)44-20-16-40(17-21-44)12-14-42-24-31-49(32-25-42)29-9-8-28-48(5)35-38-52-53-39-37-51(6,7)36-11-10-30-50-33-26-43(27-34-50)15-13-41-18-22-45(23-19-41)47(3)4/h12-27,31-34H,8-11,28-30,35-39H2,1-7H3/q+3. The molecule has 0 saturated heterocycles. The molecule has 4 aromatic rings. The first kappa shape index (κ1) is 42.2. The van der Waals surface area contributed by atoms with E-state index >= 15 is 0 Å². The molecule has 0 aliphatic carbocycles.